The van der Waals surface area contributed by atoms with E-state index in [9.17, 15) is 4.79 Å². The lowest BCUT2D eigenvalue weighted by atomic mass is 10.0. The smallest absolute Gasteiger partial charge is 0.410 e. The minimum absolute atomic E-state index is 0.184. The number of carbonyl (C=O) groups excluding carboxylic acids is 1. The van der Waals surface area contributed by atoms with Crippen molar-refractivity contribution in [2.45, 2.75) is 62.8 Å². The van der Waals surface area contributed by atoms with Gasteiger partial charge in [-0.05, 0) is 39.9 Å². The molecule has 0 aromatic heterocycles. The molecule has 0 aromatic rings. The summed E-state index contributed by atoms with van der Waals surface area (Å²) < 4.78 is 5.80. The molecule has 4 nitrogen and oxygen atoms in total. The number of carbonyl (C=O) groups is 1. The molecule has 0 bridgehead atoms. The zero-order valence-electron chi connectivity index (χ0n) is 13.2. The maximum atomic E-state index is 11.8. The molecule has 1 N–H and O–H groups in total. The van der Waals surface area contributed by atoms with Crippen molar-refractivity contribution in [1.29, 1.82) is 0 Å². The second-order valence-corrected chi connectivity index (χ2v) is 8.33. The van der Waals surface area contributed by atoms with Crippen LogP contribution in [0.5, 0.6) is 0 Å². The van der Waals surface area contributed by atoms with Crippen molar-refractivity contribution in [3.8, 4) is 0 Å². The summed E-state index contributed by atoms with van der Waals surface area (Å²) in [5, 5.41) is 3.63. The number of likely N-dealkylation sites (tertiary alicyclic amines) is 1. The summed E-state index contributed by atoms with van der Waals surface area (Å²) in [5.41, 5.74) is -0.400. The summed E-state index contributed by atoms with van der Waals surface area (Å²) in [4.78, 5) is 13.6. The Hall–Kier alpha value is -0.420. The Balaban J connectivity index is 1.68. The van der Waals surface area contributed by atoms with Gasteiger partial charge in [0.15, 0.2) is 0 Å². The SMILES string of the molecule is CSC1(CNC2CN(C(=O)OC(C)(C)C)C2)CCCC1. The highest BCUT2D eigenvalue weighted by molar-refractivity contribution is 8.00. The molecule has 0 aromatic carbocycles. The monoisotopic (exact) mass is 300 g/mol. The van der Waals surface area contributed by atoms with Gasteiger partial charge in [-0.3, -0.25) is 0 Å². The van der Waals surface area contributed by atoms with E-state index in [1.807, 2.05) is 32.5 Å². The molecule has 2 aliphatic rings. The predicted octanol–water partition coefficient (Wildman–Crippen LogP) is 2.87. The second-order valence-electron chi connectivity index (χ2n) is 7.06. The molecular weight excluding hydrogens is 272 g/mol. The molecule has 1 aliphatic heterocycles. The Morgan fingerprint density at radius 2 is 1.95 bits per heavy atom. The molecule has 2 fully saturated rings. The minimum Gasteiger partial charge on any atom is -0.444 e. The van der Waals surface area contributed by atoms with Crippen LogP contribution in [0.25, 0.3) is 0 Å². The van der Waals surface area contributed by atoms with E-state index < -0.39 is 5.60 Å². The first-order valence-electron chi connectivity index (χ1n) is 7.60. The van der Waals surface area contributed by atoms with Gasteiger partial charge in [0.2, 0.25) is 0 Å². The molecule has 0 radical (unpaired) electrons. The van der Waals surface area contributed by atoms with E-state index in [1.54, 1.807) is 4.90 Å². The molecule has 1 aliphatic carbocycles. The normalized spacial score (nSPS) is 22.7. The van der Waals surface area contributed by atoms with Crippen LogP contribution >= 0.6 is 11.8 Å². The summed E-state index contributed by atoms with van der Waals surface area (Å²) >= 11 is 2.00. The fourth-order valence-corrected chi connectivity index (χ4v) is 3.81. The van der Waals surface area contributed by atoms with Gasteiger partial charge in [-0.1, -0.05) is 12.8 Å². The Bertz CT molecular complexity index is 342. The Morgan fingerprint density at radius 3 is 2.45 bits per heavy atom. The van der Waals surface area contributed by atoms with E-state index in [2.05, 4.69) is 11.6 Å². The first-order chi connectivity index (χ1) is 9.34. The zero-order valence-corrected chi connectivity index (χ0v) is 14.0. The molecule has 20 heavy (non-hydrogen) atoms. The number of nitrogens with one attached hydrogen (secondary N) is 1. The molecule has 0 spiro atoms. The lowest BCUT2D eigenvalue weighted by Gasteiger charge is -2.41. The average molecular weight is 300 g/mol. The average Bonchev–Trinajstić information content (AvgIpc) is 2.74. The van der Waals surface area contributed by atoms with Crippen molar-refractivity contribution in [2.75, 3.05) is 25.9 Å². The van der Waals surface area contributed by atoms with Gasteiger partial charge in [0.1, 0.15) is 5.60 Å². The highest BCUT2D eigenvalue weighted by Gasteiger charge is 2.37. The van der Waals surface area contributed by atoms with Crippen molar-refractivity contribution >= 4 is 17.9 Å². The third-order valence-corrected chi connectivity index (χ3v) is 5.61. The predicted molar refractivity (Wildman–Crippen MR) is 84.3 cm³/mol. The van der Waals surface area contributed by atoms with E-state index in [4.69, 9.17) is 4.74 Å². The molecule has 2 rings (SSSR count). The molecule has 1 saturated carbocycles. The van der Waals surface area contributed by atoms with Crippen LogP contribution in [0.3, 0.4) is 0 Å². The fourth-order valence-electron chi connectivity index (χ4n) is 2.89. The van der Waals surface area contributed by atoms with Gasteiger partial charge < -0.3 is 15.0 Å². The van der Waals surface area contributed by atoms with Crippen LogP contribution < -0.4 is 5.32 Å². The standard InChI is InChI=1S/C15H28N2O2S/c1-14(2,3)19-13(18)17-9-12(10-17)16-11-15(20-4)7-5-6-8-15/h12,16H,5-11H2,1-4H3. The van der Waals surface area contributed by atoms with Crippen molar-refractivity contribution in [3.05, 3.63) is 0 Å². The molecule has 0 unspecified atom stereocenters. The lowest BCUT2D eigenvalue weighted by molar-refractivity contribution is 0.00518. The third kappa shape index (κ3) is 4.04. The molecule has 0 atom stereocenters. The first-order valence-corrected chi connectivity index (χ1v) is 8.82. The number of rotatable bonds is 4. The third-order valence-electron chi connectivity index (χ3n) is 4.19. The highest BCUT2D eigenvalue weighted by atomic mass is 32.2. The maximum absolute atomic E-state index is 11.8. The number of hydrogen-bond donors (Lipinski definition) is 1. The number of thioether (sulfide) groups is 1. The number of nitrogens with zero attached hydrogens (tertiary/aromatic N) is 1. The summed E-state index contributed by atoms with van der Waals surface area (Å²) in [5.74, 6) is 0. The maximum Gasteiger partial charge on any atom is 0.410 e. The van der Waals surface area contributed by atoms with Crippen molar-refractivity contribution < 1.29 is 9.53 Å². The lowest BCUT2D eigenvalue weighted by Crippen LogP contribution is -2.62. The van der Waals surface area contributed by atoms with Crippen LogP contribution in [0.4, 0.5) is 4.79 Å². The van der Waals surface area contributed by atoms with Gasteiger partial charge >= 0.3 is 6.09 Å². The Labute approximate surface area is 127 Å². The topological polar surface area (TPSA) is 41.6 Å². The van der Waals surface area contributed by atoms with Crippen LogP contribution in [0.2, 0.25) is 0 Å². The van der Waals surface area contributed by atoms with Gasteiger partial charge in [0.25, 0.3) is 0 Å². The van der Waals surface area contributed by atoms with Gasteiger partial charge in [-0.2, -0.15) is 11.8 Å². The Morgan fingerprint density at radius 1 is 1.35 bits per heavy atom. The quantitative estimate of drug-likeness (QED) is 0.867. The largest absolute Gasteiger partial charge is 0.444 e. The summed E-state index contributed by atoms with van der Waals surface area (Å²) in [6.07, 6.45) is 7.40. The Kier molecular flexibility index (Phi) is 4.90. The van der Waals surface area contributed by atoms with Crippen LogP contribution in [-0.2, 0) is 4.74 Å². The van der Waals surface area contributed by atoms with E-state index in [0.29, 0.717) is 10.8 Å². The van der Waals surface area contributed by atoms with E-state index in [1.165, 1.54) is 25.7 Å². The summed E-state index contributed by atoms with van der Waals surface area (Å²) in [6, 6.07) is 0.437. The number of ether oxygens (including phenoxy) is 1. The fraction of sp³-hybridized carbons (Fsp3) is 0.933. The molecule has 1 saturated heterocycles. The van der Waals surface area contributed by atoms with E-state index >= 15 is 0 Å². The van der Waals surface area contributed by atoms with E-state index in [-0.39, 0.29) is 6.09 Å². The zero-order chi connectivity index (χ0) is 14.8. The molecule has 5 heteroatoms. The highest BCUT2D eigenvalue weighted by Crippen LogP contribution is 2.39. The van der Waals surface area contributed by atoms with Gasteiger partial charge in [-0.15, -0.1) is 0 Å². The van der Waals surface area contributed by atoms with Crippen LogP contribution in [0, 0.1) is 0 Å². The number of hydrogen-bond acceptors (Lipinski definition) is 4. The first kappa shape index (κ1) is 16.0. The van der Waals surface area contributed by atoms with Crippen molar-refractivity contribution in [1.82, 2.24) is 10.2 Å². The van der Waals surface area contributed by atoms with Gasteiger partial charge in [0, 0.05) is 30.4 Å². The molecule has 1 amide bonds. The van der Waals surface area contributed by atoms with E-state index in [0.717, 1.165) is 19.6 Å². The molecular formula is C15H28N2O2S. The minimum atomic E-state index is -0.400. The van der Waals surface area contributed by atoms with Crippen molar-refractivity contribution in [3.63, 3.8) is 0 Å². The van der Waals surface area contributed by atoms with Crippen molar-refractivity contribution in [2.24, 2.45) is 0 Å². The summed E-state index contributed by atoms with van der Waals surface area (Å²) in [6.45, 7) is 8.34. The number of amides is 1. The molecule has 116 valence electrons. The van der Waals surface area contributed by atoms with Gasteiger partial charge in [0.05, 0.1) is 0 Å². The molecule has 1 heterocycles. The van der Waals surface area contributed by atoms with Crippen LogP contribution in [0.15, 0.2) is 0 Å². The second kappa shape index (κ2) is 6.14. The van der Waals surface area contributed by atoms with Crippen LogP contribution in [-0.4, -0.2) is 53.3 Å². The van der Waals surface area contributed by atoms with Gasteiger partial charge in [-0.25, -0.2) is 4.79 Å². The van der Waals surface area contributed by atoms with Crippen LogP contribution in [0.1, 0.15) is 46.5 Å². The summed E-state index contributed by atoms with van der Waals surface area (Å²) in [7, 11) is 0.